The zero-order chi connectivity index (χ0) is 19.4. The maximum Gasteiger partial charge on any atom is 0.272 e. The molecule has 1 atom stereocenters. The highest BCUT2D eigenvalue weighted by Gasteiger charge is 2.30. The predicted octanol–water partition coefficient (Wildman–Crippen LogP) is 0.716. The summed E-state index contributed by atoms with van der Waals surface area (Å²) in [6, 6.07) is 6.65. The van der Waals surface area contributed by atoms with Crippen molar-refractivity contribution in [3.8, 4) is 12.3 Å². The molecule has 0 radical (unpaired) electrons. The van der Waals surface area contributed by atoms with Crippen molar-refractivity contribution in [2.24, 2.45) is 0 Å². The van der Waals surface area contributed by atoms with Crippen LogP contribution in [0.3, 0.4) is 0 Å². The molecular formula is C19H20FN5O2. The number of H-pyrrole nitrogens is 1. The largest absolute Gasteiger partial charge is 0.349 e. The number of nitrogens with one attached hydrogen (secondary N) is 2. The van der Waals surface area contributed by atoms with E-state index in [0.29, 0.717) is 24.2 Å². The first-order chi connectivity index (χ1) is 13.0. The van der Waals surface area contributed by atoms with Crippen molar-refractivity contribution in [1.29, 1.82) is 0 Å². The van der Waals surface area contributed by atoms with Gasteiger partial charge in [0.05, 0.1) is 12.2 Å². The molecule has 140 valence electrons. The van der Waals surface area contributed by atoms with Gasteiger partial charge < -0.3 is 15.1 Å². The number of nitrogens with zero attached hydrogens (tertiary/aromatic N) is 3. The van der Waals surface area contributed by atoms with Crippen LogP contribution in [0.4, 0.5) is 4.39 Å². The number of carbonyl (C=O) groups excluding carboxylic acids is 2. The second kappa shape index (κ2) is 8.01. The minimum absolute atomic E-state index is 0.146. The summed E-state index contributed by atoms with van der Waals surface area (Å²) in [5.41, 5.74) is 0.916. The van der Waals surface area contributed by atoms with Gasteiger partial charge in [-0.15, -0.1) is 6.42 Å². The number of hydrogen-bond acceptors (Lipinski definition) is 4. The quantitative estimate of drug-likeness (QED) is 0.778. The summed E-state index contributed by atoms with van der Waals surface area (Å²) in [7, 11) is 1.95. The standard InChI is InChI=1S/C19H20FN5O2/c1-3-13-5-4-6-14(9-13)19(27)25-8-7-24(2)12-15(25)10-21-18(26)17-16(20)11-22-23-17/h1,4-6,9,11,15H,7-8,10,12H2,2H3,(H,21,26)(H,22,23). The maximum atomic E-state index is 13.5. The third-order valence-corrected chi connectivity index (χ3v) is 4.54. The Hall–Kier alpha value is -3.18. The minimum atomic E-state index is -0.715. The van der Waals surface area contributed by atoms with Crippen molar-refractivity contribution in [1.82, 2.24) is 25.3 Å². The Labute approximate surface area is 156 Å². The van der Waals surface area contributed by atoms with E-state index in [0.717, 1.165) is 12.7 Å². The maximum absolute atomic E-state index is 13.5. The lowest BCUT2D eigenvalue weighted by Gasteiger charge is -2.40. The van der Waals surface area contributed by atoms with E-state index in [1.165, 1.54) is 0 Å². The Balaban J connectivity index is 1.73. The molecule has 3 rings (SSSR count). The molecule has 2 amide bonds. The van der Waals surface area contributed by atoms with Crippen molar-refractivity contribution >= 4 is 11.8 Å². The van der Waals surface area contributed by atoms with Crippen molar-refractivity contribution in [3.63, 3.8) is 0 Å². The first kappa shape index (κ1) is 18.6. The number of amides is 2. The second-order valence-electron chi connectivity index (χ2n) is 6.44. The minimum Gasteiger partial charge on any atom is -0.349 e. The molecule has 7 nitrogen and oxygen atoms in total. The van der Waals surface area contributed by atoms with E-state index in [1.54, 1.807) is 29.2 Å². The van der Waals surface area contributed by atoms with Crippen LogP contribution in [0.2, 0.25) is 0 Å². The SMILES string of the molecule is C#Cc1cccc(C(=O)N2CCN(C)CC2CNC(=O)c2[nH]ncc2F)c1. The molecule has 1 fully saturated rings. The normalized spacial score (nSPS) is 17.4. The van der Waals surface area contributed by atoms with Crippen LogP contribution in [-0.4, -0.2) is 71.1 Å². The Kier molecular flexibility index (Phi) is 5.52. The first-order valence-electron chi connectivity index (χ1n) is 8.53. The van der Waals surface area contributed by atoms with Crippen LogP contribution in [0.5, 0.6) is 0 Å². The molecule has 1 aromatic carbocycles. The van der Waals surface area contributed by atoms with E-state index in [1.807, 2.05) is 7.05 Å². The molecule has 27 heavy (non-hydrogen) atoms. The van der Waals surface area contributed by atoms with Gasteiger partial charge in [0.1, 0.15) is 0 Å². The van der Waals surface area contributed by atoms with E-state index in [-0.39, 0.29) is 24.2 Å². The van der Waals surface area contributed by atoms with E-state index < -0.39 is 11.7 Å². The molecule has 0 saturated carbocycles. The van der Waals surface area contributed by atoms with Crippen molar-refractivity contribution in [3.05, 3.63) is 53.1 Å². The number of aromatic nitrogens is 2. The first-order valence-corrected chi connectivity index (χ1v) is 8.53. The Morgan fingerprint density at radius 2 is 2.26 bits per heavy atom. The van der Waals surface area contributed by atoms with Crippen LogP contribution in [0, 0.1) is 18.2 Å². The zero-order valence-electron chi connectivity index (χ0n) is 14.9. The molecule has 2 aromatic rings. The Morgan fingerprint density at radius 1 is 1.44 bits per heavy atom. The summed E-state index contributed by atoms with van der Waals surface area (Å²) < 4.78 is 13.5. The van der Waals surface area contributed by atoms with Gasteiger partial charge in [-0.2, -0.15) is 5.10 Å². The predicted molar refractivity (Wildman–Crippen MR) is 97.6 cm³/mol. The topological polar surface area (TPSA) is 81.3 Å². The lowest BCUT2D eigenvalue weighted by Crippen LogP contribution is -2.57. The highest BCUT2D eigenvalue weighted by Crippen LogP contribution is 2.15. The van der Waals surface area contributed by atoms with Gasteiger partial charge in [-0.3, -0.25) is 14.7 Å². The van der Waals surface area contributed by atoms with Crippen LogP contribution >= 0.6 is 0 Å². The van der Waals surface area contributed by atoms with Gasteiger partial charge in [-0.1, -0.05) is 12.0 Å². The molecule has 0 bridgehead atoms. The average Bonchev–Trinajstić information content (AvgIpc) is 3.11. The van der Waals surface area contributed by atoms with Gasteiger partial charge in [-0.25, -0.2) is 4.39 Å². The molecule has 1 aromatic heterocycles. The third-order valence-electron chi connectivity index (χ3n) is 4.54. The molecule has 2 N–H and O–H groups in total. The molecule has 0 aliphatic carbocycles. The highest BCUT2D eigenvalue weighted by molar-refractivity contribution is 5.95. The lowest BCUT2D eigenvalue weighted by atomic mass is 10.1. The number of benzene rings is 1. The van der Waals surface area contributed by atoms with Gasteiger partial charge >= 0.3 is 0 Å². The summed E-state index contributed by atoms with van der Waals surface area (Å²) in [5.74, 6) is 1.06. The molecule has 1 aliphatic heterocycles. The number of piperazine rings is 1. The molecule has 0 spiro atoms. The zero-order valence-corrected chi connectivity index (χ0v) is 14.9. The van der Waals surface area contributed by atoms with E-state index in [4.69, 9.17) is 6.42 Å². The summed E-state index contributed by atoms with van der Waals surface area (Å²) >= 11 is 0. The number of halogens is 1. The molecule has 1 aliphatic rings. The van der Waals surface area contributed by atoms with Crippen LogP contribution in [-0.2, 0) is 0 Å². The number of rotatable bonds is 4. The summed E-state index contributed by atoms with van der Waals surface area (Å²) in [6.45, 7) is 2.03. The van der Waals surface area contributed by atoms with Gasteiger partial charge in [0, 0.05) is 37.3 Å². The molecular weight excluding hydrogens is 349 g/mol. The van der Waals surface area contributed by atoms with Crippen LogP contribution < -0.4 is 5.32 Å². The van der Waals surface area contributed by atoms with Crippen molar-refractivity contribution < 1.29 is 14.0 Å². The number of hydrogen-bond donors (Lipinski definition) is 2. The van der Waals surface area contributed by atoms with E-state index in [9.17, 15) is 14.0 Å². The smallest absolute Gasteiger partial charge is 0.272 e. The summed E-state index contributed by atoms with van der Waals surface area (Å²) in [5, 5.41) is 8.50. The monoisotopic (exact) mass is 369 g/mol. The van der Waals surface area contributed by atoms with Gasteiger partial charge in [0.25, 0.3) is 11.8 Å². The molecule has 2 heterocycles. The summed E-state index contributed by atoms with van der Waals surface area (Å²) in [4.78, 5) is 28.9. The van der Waals surface area contributed by atoms with Crippen molar-refractivity contribution in [2.45, 2.75) is 6.04 Å². The third kappa shape index (κ3) is 4.15. The number of aromatic amines is 1. The van der Waals surface area contributed by atoms with Crippen LogP contribution in [0.25, 0.3) is 0 Å². The number of terminal acetylenes is 1. The lowest BCUT2D eigenvalue weighted by molar-refractivity contribution is 0.0492. The van der Waals surface area contributed by atoms with Gasteiger partial charge in [-0.05, 0) is 25.2 Å². The van der Waals surface area contributed by atoms with Crippen molar-refractivity contribution in [2.75, 3.05) is 33.2 Å². The van der Waals surface area contributed by atoms with Gasteiger partial charge in [0.2, 0.25) is 0 Å². The molecule has 8 heteroatoms. The van der Waals surface area contributed by atoms with Crippen LogP contribution in [0.1, 0.15) is 26.4 Å². The Bertz CT molecular complexity index is 888. The highest BCUT2D eigenvalue weighted by atomic mass is 19.1. The summed E-state index contributed by atoms with van der Waals surface area (Å²) in [6.07, 6.45) is 6.36. The second-order valence-corrected chi connectivity index (χ2v) is 6.44. The van der Waals surface area contributed by atoms with E-state index >= 15 is 0 Å². The Morgan fingerprint density at radius 3 is 2.96 bits per heavy atom. The average molecular weight is 369 g/mol. The fraction of sp³-hybridized carbons (Fsp3) is 0.316. The fourth-order valence-electron chi connectivity index (χ4n) is 3.09. The number of carbonyl (C=O) groups is 2. The van der Waals surface area contributed by atoms with E-state index in [2.05, 4.69) is 26.3 Å². The molecule has 1 unspecified atom stereocenters. The number of likely N-dealkylation sites (N-methyl/N-ethyl adjacent to an activating group) is 1. The van der Waals surface area contributed by atoms with Crippen LogP contribution in [0.15, 0.2) is 30.5 Å². The molecule has 1 saturated heterocycles. The van der Waals surface area contributed by atoms with Gasteiger partial charge in [0.15, 0.2) is 11.5 Å². The fourth-order valence-corrected chi connectivity index (χ4v) is 3.09.